The van der Waals surface area contributed by atoms with Crippen LogP contribution in [0.1, 0.15) is 5.56 Å². The SMILES string of the molecule is O=C(O)Cc1cc(-c2ccncc2)cc([N+](=O)[O-])c1. The zero-order chi connectivity index (χ0) is 13.8. The predicted octanol–water partition coefficient (Wildman–Crippen LogP) is 2.28. The number of nitro groups is 1. The van der Waals surface area contributed by atoms with Crippen LogP contribution in [-0.2, 0) is 11.2 Å². The molecule has 96 valence electrons. The van der Waals surface area contributed by atoms with E-state index in [4.69, 9.17) is 5.11 Å². The van der Waals surface area contributed by atoms with Crippen molar-refractivity contribution in [2.75, 3.05) is 0 Å². The van der Waals surface area contributed by atoms with E-state index in [0.29, 0.717) is 11.1 Å². The molecule has 1 aromatic heterocycles. The van der Waals surface area contributed by atoms with Crippen molar-refractivity contribution >= 4 is 11.7 Å². The van der Waals surface area contributed by atoms with Crippen LogP contribution in [0.5, 0.6) is 0 Å². The molecular formula is C13H10N2O4. The maximum absolute atomic E-state index is 10.9. The lowest BCUT2D eigenvalue weighted by Gasteiger charge is -2.04. The highest BCUT2D eigenvalue weighted by Crippen LogP contribution is 2.25. The Kier molecular flexibility index (Phi) is 3.51. The van der Waals surface area contributed by atoms with Crippen LogP contribution >= 0.6 is 0 Å². The summed E-state index contributed by atoms with van der Waals surface area (Å²) in [5.74, 6) is -1.03. The van der Waals surface area contributed by atoms with E-state index in [9.17, 15) is 14.9 Å². The van der Waals surface area contributed by atoms with Gasteiger partial charge >= 0.3 is 5.97 Å². The zero-order valence-corrected chi connectivity index (χ0v) is 9.81. The normalized spacial score (nSPS) is 10.1. The van der Waals surface area contributed by atoms with Crippen molar-refractivity contribution < 1.29 is 14.8 Å². The monoisotopic (exact) mass is 258 g/mol. The maximum Gasteiger partial charge on any atom is 0.307 e. The fourth-order valence-corrected chi connectivity index (χ4v) is 1.77. The molecule has 2 rings (SSSR count). The molecule has 0 aliphatic heterocycles. The van der Waals surface area contributed by atoms with Crippen molar-refractivity contribution in [3.63, 3.8) is 0 Å². The Labute approximate surface area is 108 Å². The number of carboxylic acid groups (broad SMARTS) is 1. The van der Waals surface area contributed by atoms with E-state index in [0.717, 1.165) is 5.56 Å². The van der Waals surface area contributed by atoms with Crippen molar-refractivity contribution in [2.45, 2.75) is 6.42 Å². The first kappa shape index (κ1) is 12.7. The number of pyridine rings is 1. The van der Waals surface area contributed by atoms with Gasteiger partial charge in [-0.3, -0.25) is 19.9 Å². The number of nitro benzene ring substituents is 1. The number of benzene rings is 1. The number of carbonyl (C=O) groups is 1. The third kappa shape index (κ3) is 3.12. The van der Waals surface area contributed by atoms with E-state index in [1.807, 2.05) is 0 Å². The number of non-ortho nitro benzene ring substituents is 1. The molecule has 2 aromatic rings. The molecule has 0 radical (unpaired) electrons. The third-order valence-electron chi connectivity index (χ3n) is 2.56. The molecule has 0 saturated heterocycles. The molecule has 19 heavy (non-hydrogen) atoms. The van der Waals surface area contributed by atoms with E-state index in [-0.39, 0.29) is 12.1 Å². The fourth-order valence-electron chi connectivity index (χ4n) is 1.77. The van der Waals surface area contributed by atoms with Crippen LogP contribution in [0.4, 0.5) is 5.69 Å². The second-order valence-electron chi connectivity index (χ2n) is 3.95. The van der Waals surface area contributed by atoms with Crippen molar-refractivity contribution in [1.29, 1.82) is 0 Å². The number of aromatic nitrogens is 1. The molecular weight excluding hydrogens is 248 g/mol. The summed E-state index contributed by atoms with van der Waals surface area (Å²) >= 11 is 0. The van der Waals surface area contributed by atoms with Crippen molar-refractivity contribution in [2.24, 2.45) is 0 Å². The second-order valence-corrected chi connectivity index (χ2v) is 3.95. The van der Waals surface area contributed by atoms with Crippen LogP contribution in [0.3, 0.4) is 0 Å². The highest BCUT2D eigenvalue weighted by atomic mass is 16.6. The van der Waals surface area contributed by atoms with Gasteiger partial charge in [-0.15, -0.1) is 0 Å². The summed E-state index contributed by atoms with van der Waals surface area (Å²) in [7, 11) is 0. The Bertz CT molecular complexity index is 626. The van der Waals surface area contributed by atoms with Gasteiger partial charge in [0.2, 0.25) is 0 Å². The lowest BCUT2D eigenvalue weighted by molar-refractivity contribution is -0.384. The van der Waals surface area contributed by atoms with Gasteiger partial charge in [-0.25, -0.2) is 0 Å². The Balaban J connectivity index is 2.51. The summed E-state index contributed by atoms with van der Waals surface area (Å²) in [6, 6.07) is 7.75. The third-order valence-corrected chi connectivity index (χ3v) is 2.56. The lowest BCUT2D eigenvalue weighted by atomic mass is 10.0. The molecule has 0 saturated carbocycles. The molecule has 0 amide bonds. The summed E-state index contributed by atoms with van der Waals surface area (Å²) in [6.07, 6.45) is 2.90. The molecule has 0 aliphatic carbocycles. The summed E-state index contributed by atoms with van der Waals surface area (Å²) in [6.45, 7) is 0. The van der Waals surface area contributed by atoms with Crippen LogP contribution in [0.25, 0.3) is 11.1 Å². The van der Waals surface area contributed by atoms with E-state index >= 15 is 0 Å². The first-order chi connectivity index (χ1) is 9.06. The molecule has 0 bridgehead atoms. The number of rotatable bonds is 4. The average Bonchev–Trinajstić information content (AvgIpc) is 2.38. The van der Waals surface area contributed by atoms with Gasteiger partial charge in [0.1, 0.15) is 0 Å². The average molecular weight is 258 g/mol. The largest absolute Gasteiger partial charge is 0.481 e. The number of aliphatic carboxylic acids is 1. The lowest BCUT2D eigenvalue weighted by Crippen LogP contribution is -2.01. The highest BCUT2D eigenvalue weighted by Gasteiger charge is 2.12. The second kappa shape index (κ2) is 5.26. The van der Waals surface area contributed by atoms with E-state index in [2.05, 4.69) is 4.98 Å². The van der Waals surface area contributed by atoms with Crippen molar-refractivity contribution in [3.8, 4) is 11.1 Å². The smallest absolute Gasteiger partial charge is 0.307 e. The van der Waals surface area contributed by atoms with Crippen molar-refractivity contribution in [3.05, 3.63) is 58.4 Å². The standard InChI is InChI=1S/C13H10N2O4/c16-13(17)7-9-5-11(8-12(6-9)15(18)19)10-1-3-14-4-2-10/h1-6,8H,7H2,(H,16,17). The van der Waals surface area contributed by atoms with Gasteiger partial charge in [0, 0.05) is 24.5 Å². The number of carboxylic acids is 1. The summed E-state index contributed by atoms with van der Waals surface area (Å²) in [5, 5.41) is 19.6. The minimum Gasteiger partial charge on any atom is -0.481 e. The molecule has 0 spiro atoms. The zero-order valence-electron chi connectivity index (χ0n) is 9.81. The van der Waals surface area contributed by atoms with Gasteiger partial charge in [-0.1, -0.05) is 6.07 Å². The van der Waals surface area contributed by atoms with Gasteiger partial charge in [-0.05, 0) is 28.8 Å². The van der Waals surface area contributed by atoms with Crippen LogP contribution in [0.15, 0.2) is 42.7 Å². The molecule has 1 aromatic carbocycles. The Morgan fingerprint density at radius 3 is 2.47 bits per heavy atom. The molecule has 1 heterocycles. The minimum absolute atomic E-state index is 0.120. The van der Waals surface area contributed by atoms with Crippen LogP contribution in [0, 0.1) is 10.1 Å². The number of hydrogen-bond donors (Lipinski definition) is 1. The summed E-state index contributed by atoms with van der Waals surface area (Å²) in [5.41, 5.74) is 1.64. The van der Waals surface area contributed by atoms with Crippen LogP contribution < -0.4 is 0 Å². The Hall–Kier alpha value is -2.76. The van der Waals surface area contributed by atoms with Crippen molar-refractivity contribution in [1.82, 2.24) is 4.98 Å². The summed E-state index contributed by atoms with van der Waals surface area (Å²) < 4.78 is 0. The molecule has 0 fully saturated rings. The maximum atomic E-state index is 10.9. The first-order valence-electron chi connectivity index (χ1n) is 5.47. The van der Waals surface area contributed by atoms with Crippen LogP contribution in [0.2, 0.25) is 0 Å². The fraction of sp³-hybridized carbons (Fsp3) is 0.0769. The van der Waals surface area contributed by atoms with E-state index in [1.54, 1.807) is 30.6 Å². The van der Waals surface area contributed by atoms with Gasteiger partial charge in [0.15, 0.2) is 0 Å². The summed E-state index contributed by atoms with van der Waals surface area (Å²) in [4.78, 5) is 24.9. The van der Waals surface area contributed by atoms with Gasteiger partial charge in [0.25, 0.3) is 5.69 Å². The molecule has 6 nitrogen and oxygen atoms in total. The highest BCUT2D eigenvalue weighted by molar-refractivity contribution is 5.73. The topological polar surface area (TPSA) is 93.3 Å². The minimum atomic E-state index is -1.03. The van der Waals surface area contributed by atoms with E-state index in [1.165, 1.54) is 12.1 Å². The van der Waals surface area contributed by atoms with Crippen LogP contribution in [-0.4, -0.2) is 21.0 Å². The molecule has 0 unspecified atom stereocenters. The number of nitrogens with zero attached hydrogens (tertiary/aromatic N) is 2. The van der Waals surface area contributed by atoms with Gasteiger partial charge < -0.3 is 5.11 Å². The molecule has 0 atom stereocenters. The molecule has 6 heteroatoms. The first-order valence-corrected chi connectivity index (χ1v) is 5.47. The van der Waals surface area contributed by atoms with E-state index < -0.39 is 10.9 Å². The molecule has 1 N–H and O–H groups in total. The van der Waals surface area contributed by atoms with Gasteiger partial charge in [0.05, 0.1) is 11.3 Å². The Morgan fingerprint density at radius 2 is 1.89 bits per heavy atom. The predicted molar refractivity (Wildman–Crippen MR) is 67.7 cm³/mol. The van der Waals surface area contributed by atoms with Gasteiger partial charge in [-0.2, -0.15) is 0 Å². The number of hydrogen-bond acceptors (Lipinski definition) is 4. The molecule has 0 aliphatic rings. The quantitative estimate of drug-likeness (QED) is 0.670. The Morgan fingerprint density at radius 1 is 1.21 bits per heavy atom.